The van der Waals surface area contributed by atoms with Gasteiger partial charge in [0.1, 0.15) is 17.0 Å². The molecule has 42 heavy (non-hydrogen) atoms. The van der Waals surface area contributed by atoms with Crippen molar-refractivity contribution >= 4 is 40.7 Å². The van der Waals surface area contributed by atoms with E-state index in [4.69, 9.17) is 27.9 Å². The van der Waals surface area contributed by atoms with Crippen LogP contribution in [-0.2, 0) is 19.7 Å². The monoisotopic (exact) mass is 620 g/mol. The van der Waals surface area contributed by atoms with Crippen molar-refractivity contribution in [3.63, 3.8) is 0 Å². The van der Waals surface area contributed by atoms with Crippen molar-refractivity contribution in [1.29, 1.82) is 0 Å². The zero-order valence-electron chi connectivity index (χ0n) is 24.0. The van der Waals surface area contributed by atoms with Gasteiger partial charge in [0.05, 0.1) is 29.3 Å². The highest BCUT2D eigenvalue weighted by atomic mass is 35.5. The number of halogens is 4. The number of carbonyl (C=O) groups excluding carboxylic acids is 2. The van der Waals surface area contributed by atoms with E-state index in [1.807, 2.05) is 0 Å². The molecule has 11 heteroatoms. The van der Waals surface area contributed by atoms with Gasteiger partial charge in [0, 0.05) is 49.4 Å². The molecule has 1 spiro atoms. The maximum absolute atomic E-state index is 16.0. The Morgan fingerprint density at radius 3 is 2.64 bits per heavy atom. The van der Waals surface area contributed by atoms with E-state index < -0.39 is 46.5 Å². The van der Waals surface area contributed by atoms with Gasteiger partial charge in [0.2, 0.25) is 11.8 Å². The fourth-order valence-electron chi connectivity index (χ4n) is 8.18. The first-order chi connectivity index (χ1) is 20.0. The van der Waals surface area contributed by atoms with Crippen molar-refractivity contribution in [3.05, 3.63) is 63.1 Å². The molecule has 2 aromatic carbocycles. The van der Waals surface area contributed by atoms with Gasteiger partial charge in [-0.1, -0.05) is 49.2 Å². The summed E-state index contributed by atoms with van der Waals surface area (Å²) in [7, 11) is 0. The van der Waals surface area contributed by atoms with Crippen LogP contribution in [0.3, 0.4) is 0 Å². The molecule has 2 aromatic rings. The smallest absolute Gasteiger partial charge is 0.238 e. The molecule has 2 N–H and O–H groups in total. The van der Waals surface area contributed by atoms with E-state index in [2.05, 4.69) is 41.2 Å². The predicted octanol–water partition coefficient (Wildman–Crippen LogP) is 4.96. The summed E-state index contributed by atoms with van der Waals surface area (Å²) in [4.78, 5) is 32.9. The summed E-state index contributed by atoms with van der Waals surface area (Å²) < 4.78 is 36.6. The second-order valence-electron chi connectivity index (χ2n) is 12.7. The second-order valence-corrected chi connectivity index (χ2v) is 13.5. The second kappa shape index (κ2) is 11.0. The van der Waals surface area contributed by atoms with Crippen LogP contribution in [0.25, 0.3) is 0 Å². The van der Waals surface area contributed by atoms with Crippen LogP contribution in [0.1, 0.15) is 50.7 Å². The molecule has 0 bridgehead atoms. The van der Waals surface area contributed by atoms with E-state index in [1.165, 1.54) is 18.2 Å². The number of benzene rings is 2. The number of fused-ring (bicyclic) bond motifs is 4. The molecule has 3 fully saturated rings. The highest BCUT2D eigenvalue weighted by molar-refractivity contribution is 6.31. The van der Waals surface area contributed by atoms with Crippen LogP contribution in [0.2, 0.25) is 10.0 Å². The van der Waals surface area contributed by atoms with Gasteiger partial charge in [-0.2, -0.15) is 0 Å². The molecule has 6 rings (SSSR count). The summed E-state index contributed by atoms with van der Waals surface area (Å²) in [5.74, 6) is -2.71. The summed E-state index contributed by atoms with van der Waals surface area (Å²) in [6.45, 7) is 10.2. The summed E-state index contributed by atoms with van der Waals surface area (Å²) in [6, 6.07) is 5.96. The average molecular weight is 622 g/mol. The highest BCUT2D eigenvalue weighted by Crippen LogP contribution is 2.66. The summed E-state index contributed by atoms with van der Waals surface area (Å²) in [5, 5.41) is 5.78. The lowest BCUT2D eigenvalue weighted by atomic mass is 9.60. The maximum Gasteiger partial charge on any atom is 0.238 e. The van der Waals surface area contributed by atoms with Crippen molar-refractivity contribution in [2.24, 2.45) is 5.92 Å². The van der Waals surface area contributed by atoms with Crippen LogP contribution in [0.15, 0.2) is 30.3 Å². The SMILES string of the molecule is CC(C)CC1(C)C[C@H]2N1[C@@H](C(=O)NCCN1CCOCC1)[C@H](c1cccc(Cl)c1F)[C@@]21C(=O)Nc2cc(Cl)c(F)cc21. The Morgan fingerprint density at radius 1 is 1.19 bits per heavy atom. The standard InChI is InChI=1S/C31H36Cl2F2N4O3/c1-17(2)15-30(3)16-24-31(19-13-22(34)21(33)14-23(19)37-29(31)41)25(18-5-4-6-20(32)26(18)35)27(39(24)30)28(40)36-7-8-38-9-11-42-12-10-38/h4-6,13-14,17,24-25,27H,7-12,15-16H2,1-3H3,(H,36,40)(H,37,41)/t24-,25+,27-,30?,31+/m1/s1. The number of rotatable bonds is 7. The number of amides is 2. The van der Waals surface area contributed by atoms with E-state index in [0.29, 0.717) is 49.9 Å². The molecular weight excluding hydrogens is 585 g/mol. The molecule has 7 nitrogen and oxygen atoms in total. The number of anilines is 1. The number of nitrogens with zero attached hydrogens (tertiary/aromatic N) is 2. The van der Waals surface area contributed by atoms with Gasteiger partial charge >= 0.3 is 0 Å². The zero-order valence-corrected chi connectivity index (χ0v) is 25.5. The van der Waals surface area contributed by atoms with E-state index in [0.717, 1.165) is 19.5 Å². The topological polar surface area (TPSA) is 73.9 Å². The first-order valence-corrected chi connectivity index (χ1v) is 15.4. The van der Waals surface area contributed by atoms with E-state index in [1.54, 1.807) is 12.1 Å². The maximum atomic E-state index is 16.0. The van der Waals surface area contributed by atoms with Crippen LogP contribution >= 0.6 is 23.2 Å². The minimum absolute atomic E-state index is 0.103. The average Bonchev–Trinajstić information content (AvgIpc) is 3.35. The first-order valence-electron chi connectivity index (χ1n) is 14.6. The Kier molecular flexibility index (Phi) is 7.80. The lowest BCUT2D eigenvalue weighted by Gasteiger charge is -2.58. The van der Waals surface area contributed by atoms with Crippen molar-refractivity contribution in [1.82, 2.24) is 15.1 Å². The summed E-state index contributed by atoms with van der Waals surface area (Å²) >= 11 is 12.4. The van der Waals surface area contributed by atoms with E-state index in [-0.39, 0.29) is 21.5 Å². The lowest BCUT2D eigenvalue weighted by molar-refractivity contribution is -0.141. The van der Waals surface area contributed by atoms with Crippen LogP contribution in [0.4, 0.5) is 14.5 Å². The van der Waals surface area contributed by atoms with Gasteiger partial charge in [-0.15, -0.1) is 0 Å². The molecule has 1 unspecified atom stereocenters. The fraction of sp³-hybridized carbons (Fsp3) is 0.548. The van der Waals surface area contributed by atoms with Crippen molar-refractivity contribution in [3.8, 4) is 0 Å². The van der Waals surface area contributed by atoms with Crippen LogP contribution in [0.5, 0.6) is 0 Å². The number of morpholine rings is 1. The predicted molar refractivity (Wildman–Crippen MR) is 158 cm³/mol. The molecule has 0 radical (unpaired) electrons. The van der Waals surface area contributed by atoms with Gasteiger partial charge in [0.15, 0.2) is 0 Å². The van der Waals surface area contributed by atoms with Crippen LogP contribution < -0.4 is 10.6 Å². The Labute approximate surface area is 254 Å². The Morgan fingerprint density at radius 2 is 1.93 bits per heavy atom. The fourth-order valence-corrected chi connectivity index (χ4v) is 8.53. The minimum Gasteiger partial charge on any atom is -0.379 e. The number of ether oxygens (including phenoxy) is 1. The van der Waals surface area contributed by atoms with Gasteiger partial charge in [-0.05, 0) is 55.0 Å². The highest BCUT2D eigenvalue weighted by Gasteiger charge is 2.75. The molecule has 4 aliphatic heterocycles. The molecule has 0 aromatic heterocycles. The van der Waals surface area contributed by atoms with E-state index in [9.17, 15) is 9.59 Å². The molecule has 5 atom stereocenters. The molecule has 0 saturated carbocycles. The lowest BCUT2D eigenvalue weighted by Crippen LogP contribution is -2.70. The number of hydrogen-bond acceptors (Lipinski definition) is 5. The zero-order chi connectivity index (χ0) is 30.0. The summed E-state index contributed by atoms with van der Waals surface area (Å²) in [5.41, 5.74) is -0.936. The first kappa shape index (κ1) is 29.8. The normalized spacial score (nSPS) is 30.8. The Balaban J connectivity index is 1.49. The number of hydrogen-bond donors (Lipinski definition) is 2. The van der Waals surface area contributed by atoms with Crippen molar-refractivity contribution in [2.45, 2.75) is 62.6 Å². The third-order valence-electron chi connectivity index (χ3n) is 9.62. The van der Waals surface area contributed by atoms with Gasteiger partial charge < -0.3 is 15.4 Å². The molecule has 226 valence electrons. The summed E-state index contributed by atoms with van der Waals surface area (Å²) in [6.07, 6.45) is 1.35. The number of carbonyl (C=O) groups is 2. The quantitative estimate of drug-likeness (QED) is 0.458. The number of nitrogens with one attached hydrogen (secondary N) is 2. The van der Waals surface area contributed by atoms with Crippen LogP contribution in [-0.4, -0.2) is 78.6 Å². The third-order valence-corrected chi connectivity index (χ3v) is 10.2. The minimum atomic E-state index is -1.44. The van der Waals surface area contributed by atoms with Gasteiger partial charge in [-0.25, -0.2) is 8.78 Å². The molecule has 2 amide bonds. The van der Waals surface area contributed by atoms with Crippen LogP contribution in [0, 0.1) is 17.6 Å². The Bertz CT molecular complexity index is 1420. The van der Waals surface area contributed by atoms with Gasteiger partial charge in [-0.3, -0.25) is 19.4 Å². The third kappa shape index (κ3) is 4.54. The van der Waals surface area contributed by atoms with Crippen molar-refractivity contribution < 1.29 is 23.1 Å². The van der Waals surface area contributed by atoms with Crippen molar-refractivity contribution in [2.75, 3.05) is 44.7 Å². The molecule has 3 saturated heterocycles. The van der Waals surface area contributed by atoms with E-state index >= 15 is 8.78 Å². The molecular formula is C31H36Cl2F2N4O3. The molecule has 4 heterocycles. The Hall–Kier alpha value is -2.30. The molecule has 4 aliphatic rings. The molecule has 0 aliphatic carbocycles. The van der Waals surface area contributed by atoms with Gasteiger partial charge in [0.25, 0.3) is 0 Å². The largest absolute Gasteiger partial charge is 0.379 e.